The van der Waals surface area contributed by atoms with Crippen LogP contribution >= 0.6 is 0 Å². The number of carbonyl (C=O) groups is 1. The molecule has 13 heavy (non-hydrogen) atoms. The molecular weight excluding hydrogens is 168 g/mol. The third kappa shape index (κ3) is 3.22. The normalized spacial score (nSPS) is 17.2. The Balaban J connectivity index is 1.93. The number of carboxylic acid groups (broad SMARTS) is 1. The summed E-state index contributed by atoms with van der Waals surface area (Å²) in [5.41, 5.74) is 0. The molecule has 1 aliphatic rings. The number of amides is 1. The summed E-state index contributed by atoms with van der Waals surface area (Å²) in [6, 6.07) is 0. The maximum atomic E-state index is 10.4. The Morgan fingerprint density at radius 2 is 2.31 bits per heavy atom. The van der Waals surface area contributed by atoms with Crippen LogP contribution in [0.4, 0.5) is 4.79 Å². The van der Waals surface area contributed by atoms with Gasteiger partial charge >= 0.3 is 6.09 Å². The molecule has 0 radical (unpaired) electrons. The lowest BCUT2D eigenvalue weighted by molar-refractivity contribution is 0.0776. The molecule has 1 amide bonds. The van der Waals surface area contributed by atoms with Crippen molar-refractivity contribution < 1.29 is 9.90 Å². The van der Waals surface area contributed by atoms with Gasteiger partial charge in [-0.05, 0) is 31.8 Å². The second-order valence-electron chi connectivity index (χ2n) is 3.55. The van der Waals surface area contributed by atoms with E-state index in [2.05, 4.69) is 12.2 Å². The van der Waals surface area contributed by atoms with E-state index >= 15 is 0 Å². The molecule has 1 fully saturated rings. The Morgan fingerprint density at radius 1 is 1.62 bits per heavy atom. The van der Waals surface area contributed by atoms with Crippen molar-refractivity contribution in [2.45, 2.75) is 19.8 Å². The molecule has 0 aliphatic carbocycles. The van der Waals surface area contributed by atoms with Crippen LogP contribution < -0.4 is 5.32 Å². The van der Waals surface area contributed by atoms with E-state index in [-0.39, 0.29) is 0 Å². The lowest BCUT2D eigenvalue weighted by Crippen LogP contribution is -2.49. The molecule has 0 spiro atoms. The molecule has 0 aromatic carbocycles. The minimum absolute atomic E-state index is 0.606. The molecular formula is C9H18N2O2. The molecule has 4 nitrogen and oxygen atoms in total. The van der Waals surface area contributed by atoms with Gasteiger partial charge in [0.05, 0.1) is 0 Å². The molecule has 2 N–H and O–H groups in total. The predicted octanol–water partition coefficient (Wildman–Crippen LogP) is 0.986. The first-order valence-corrected chi connectivity index (χ1v) is 4.92. The fourth-order valence-corrected chi connectivity index (χ4v) is 1.60. The predicted molar refractivity (Wildman–Crippen MR) is 50.9 cm³/mol. The summed E-state index contributed by atoms with van der Waals surface area (Å²) >= 11 is 0. The Bertz CT molecular complexity index is 167. The zero-order chi connectivity index (χ0) is 9.68. The summed E-state index contributed by atoms with van der Waals surface area (Å²) in [5.74, 6) is 0.606. The molecule has 1 aliphatic heterocycles. The summed E-state index contributed by atoms with van der Waals surface area (Å²) in [5, 5.41) is 11.8. The number of hydrogen-bond acceptors (Lipinski definition) is 2. The van der Waals surface area contributed by atoms with Crippen LogP contribution in [0, 0.1) is 5.92 Å². The quantitative estimate of drug-likeness (QED) is 0.629. The summed E-state index contributed by atoms with van der Waals surface area (Å²) in [6.07, 6.45) is 1.53. The van der Waals surface area contributed by atoms with Crippen LogP contribution in [0.2, 0.25) is 0 Å². The first-order chi connectivity index (χ1) is 6.24. The van der Waals surface area contributed by atoms with Crippen LogP contribution in [-0.2, 0) is 0 Å². The minimum atomic E-state index is -0.775. The Kier molecular flexibility index (Phi) is 4.02. The number of hydrogen-bond donors (Lipinski definition) is 2. The summed E-state index contributed by atoms with van der Waals surface area (Å²) in [6.45, 7) is 5.64. The third-order valence-corrected chi connectivity index (χ3v) is 2.44. The first-order valence-electron chi connectivity index (χ1n) is 4.92. The van der Waals surface area contributed by atoms with E-state index in [9.17, 15) is 4.79 Å². The SMILES string of the molecule is CCNCCCC1CN(C(=O)O)C1. The van der Waals surface area contributed by atoms with Crippen LogP contribution in [0.15, 0.2) is 0 Å². The largest absolute Gasteiger partial charge is 0.465 e. The highest BCUT2D eigenvalue weighted by Gasteiger charge is 2.29. The van der Waals surface area contributed by atoms with E-state index in [4.69, 9.17) is 5.11 Å². The Labute approximate surface area is 78.9 Å². The van der Waals surface area contributed by atoms with Crippen molar-refractivity contribution in [2.75, 3.05) is 26.2 Å². The Morgan fingerprint density at radius 3 is 2.85 bits per heavy atom. The zero-order valence-corrected chi connectivity index (χ0v) is 8.12. The standard InChI is InChI=1S/C9H18N2O2/c1-2-10-5-3-4-8-6-11(7-8)9(12)13/h8,10H,2-7H2,1H3,(H,12,13). The van der Waals surface area contributed by atoms with Crippen LogP contribution in [0.3, 0.4) is 0 Å². The highest BCUT2D eigenvalue weighted by atomic mass is 16.4. The fraction of sp³-hybridized carbons (Fsp3) is 0.889. The van der Waals surface area contributed by atoms with Gasteiger partial charge in [0.15, 0.2) is 0 Å². The molecule has 0 aromatic heterocycles. The van der Waals surface area contributed by atoms with Gasteiger partial charge < -0.3 is 15.3 Å². The summed E-state index contributed by atoms with van der Waals surface area (Å²) in [7, 11) is 0. The van der Waals surface area contributed by atoms with Gasteiger partial charge in [-0.25, -0.2) is 4.79 Å². The molecule has 1 heterocycles. The van der Waals surface area contributed by atoms with Crippen LogP contribution in [0.25, 0.3) is 0 Å². The molecule has 1 saturated heterocycles. The van der Waals surface area contributed by atoms with Crippen molar-refractivity contribution in [1.29, 1.82) is 0 Å². The second kappa shape index (κ2) is 5.07. The van der Waals surface area contributed by atoms with Crippen molar-refractivity contribution in [2.24, 2.45) is 5.92 Å². The number of nitrogens with zero attached hydrogens (tertiary/aromatic N) is 1. The lowest BCUT2D eigenvalue weighted by atomic mass is 9.95. The van der Waals surface area contributed by atoms with Crippen molar-refractivity contribution in [3.05, 3.63) is 0 Å². The molecule has 1 rings (SSSR count). The smallest absolute Gasteiger partial charge is 0.407 e. The van der Waals surface area contributed by atoms with Gasteiger partial charge in [-0.1, -0.05) is 6.92 Å². The third-order valence-electron chi connectivity index (χ3n) is 2.44. The molecule has 0 aromatic rings. The van der Waals surface area contributed by atoms with Crippen molar-refractivity contribution in [3.8, 4) is 0 Å². The zero-order valence-electron chi connectivity index (χ0n) is 8.12. The van der Waals surface area contributed by atoms with Gasteiger partial charge in [0, 0.05) is 13.1 Å². The van der Waals surface area contributed by atoms with Crippen LogP contribution in [-0.4, -0.2) is 42.3 Å². The molecule has 0 bridgehead atoms. The van der Waals surface area contributed by atoms with Crippen molar-refractivity contribution in [3.63, 3.8) is 0 Å². The van der Waals surface area contributed by atoms with Gasteiger partial charge in [-0.2, -0.15) is 0 Å². The van der Waals surface area contributed by atoms with Crippen LogP contribution in [0.1, 0.15) is 19.8 Å². The van der Waals surface area contributed by atoms with Gasteiger partial charge in [0.25, 0.3) is 0 Å². The van der Waals surface area contributed by atoms with E-state index in [1.54, 1.807) is 0 Å². The highest BCUT2D eigenvalue weighted by molar-refractivity contribution is 5.65. The molecule has 0 atom stereocenters. The van der Waals surface area contributed by atoms with Gasteiger partial charge in [0.1, 0.15) is 0 Å². The monoisotopic (exact) mass is 186 g/mol. The Hall–Kier alpha value is -0.770. The van der Waals surface area contributed by atoms with E-state index in [0.717, 1.165) is 39.0 Å². The average Bonchev–Trinajstić information content (AvgIpc) is 2.00. The number of nitrogens with one attached hydrogen (secondary N) is 1. The van der Waals surface area contributed by atoms with Crippen molar-refractivity contribution >= 4 is 6.09 Å². The maximum Gasteiger partial charge on any atom is 0.407 e. The van der Waals surface area contributed by atoms with E-state index < -0.39 is 6.09 Å². The summed E-state index contributed by atoms with van der Waals surface area (Å²) < 4.78 is 0. The van der Waals surface area contributed by atoms with Gasteiger partial charge in [-0.3, -0.25) is 0 Å². The van der Waals surface area contributed by atoms with E-state index in [0.29, 0.717) is 5.92 Å². The molecule has 4 heteroatoms. The van der Waals surface area contributed by atoms with Crippen LogP contribution in [0.5, 0.6) is 0 Å². The number of likely N-dealkylation sites (tertiary alicyclic amines) is 1. The van der Waals surface area contributed by atoms with Gasteiger partial charge in [0.2, 0.25) is 0 Å². The molecule has 0 saturated carbocycles. The minimum Gasteiger partial charge on any atom is -0.465 e. The van der Waals surface area contributed by atoms with Gasteiger partial charge in [-0.15, -0.1) is 0 Å². The second-order valence-corrected chi connectivity index (χ2v) is 3.55. The highest BCUT2D eigenvalue weighted by Crippen LogP contribution is 2.19. The fourth-order valence-electron chi connectivity index (χ4n) is 1.60. The van der Waals surface area contributed by atoms with E-state index in [1.807, 2.05) is 0 Å². The maximum absolute atomic E-state index is 10.4. The molecule has 0 unspecified atom stereocenters. The topological polar surface area (TPSA) is 52.6 Å². The summed E-state index contributed by atoms with van der Waals surface area (Å²) in [4.78, 5) is 11.9. The number of rotatable bonds is 5. The average molecular weight is 186 g/mol. The lowest BCUT2D eigenvalue weighted by Gasteiger charge is -2.37. The molecule has 76 valence electrons. The van der Waals surface area contributed by atoms with Crippen molar-refractivity contribution in [1.82, 2.24) is 10.2 Å². The van der Waals surface area contributed by atoms with E-state index in [1.165, 1.54) is 4.90 Å². The first kappa shape index (κ1) is 10.3.